The highest BCUT2D eigenvalue weighted by Gasteiger charge is 2.27. The quantitative estimate of drug-likeness (QED) is 0.753. The summed E-state index contributed by atoms with van der Waals surface area (Å²) >= 11 is 0. The standard InChI is InChI=1S/C19H20N4O4/c1-26-16-4-3-12(9-17(16)27-2)15-5-7-20-18-10-14(21-23(15)18)19(25)22-8-6-13(24)11-22/h3-5,7,9-10,13,24H,6,8,11H2,1-2H3. The number of ether oxygens (including phenoxy) is 2. The van der Waals surface area contributed by atoms with E-state index in [4.69, 9.17) is 9.47 Å². The number of benzene rings is 1. The van der Waals surface area contributed by atoms with Crippen LogP contribution in [0.5, 0.6) is 11.5 Å². The molecule has 4 rings (SSSR count). The molecule has 1 aliphatic heterocycles. The molecule has 0 bridgehead atoms. The number of rotatable bonds is 4. The van der Waals surface area contributed by atoms with Gasteiger partial charge in [-0.25, -0.2) is 9.50 Å². The lowest BCUT2D eigenvalue weighted by molar-refractivity contribution is 0.0759. The summed E-state index contributed by atoms with van der Waals surface area (Å²) in [4.78, 5) is 18.6. The van der Waals surface area contributed by atoms with Gasteiger partial charge in [-0.05, 0) is 30.7 Å². The SMILES string of the molecule is COc1ccc(-c2ccnc3cc(C(=O)N4CCC(O)C4)nn23)cc1OC. The molecule has 8 heteroatoms. The molecule has 1 unspecified atom stereocenters. The van der Waals surface area contributed by atoms with E-state index in [0.717, 1.165) is 11.3 Å². The van der Waals surface area contributed by atoms with E-state index in [1.165, 1.54) is 0 Å². The first-order chi connectivity index (χ1) is 13.1. The minimum Gasteiger partial charge on any atom is -0.493 e. The van der Waals surface area contributed by atoms with Gasteiger partial charge in [-0.3, -0.25) is 4.79 Å². The fourth-order valence-electron chi connectivity index (χ4n) is 3.30. The Morgan fingerprint density at radius 3 is 2.70 bits per heavy atom. The van der Waals surface area contributed by atoms with Crippen molar-refractivity contribution in [1.82, 2.24) is 19.5 Å². The van der Waals surface area contributed by atoms with Gasteiger partial charge in [0.25, 0.3) is 5.91 Å². The lowest BCUT2D eigenvalue weighted by atomic mass is 10.1. The monoisotopic (exact) mass is 368 g/mol. The van der Waals surface area contributed by atoms with E-state index in [2.05, 4.69) is 10.1 Å². The molecule has 1 aromatic carbocycles. The van der Waals surface area contributed by atoms with Crippen LogP contribution in [0.15, 0.2) is 36.5 Å². The molecule has 3 aromatic rings. The number of aromatic nitrogens is 3. The van der Waals surface area contributed by atoms with E-state index < -0.39 is 6.10 Å². The second-order valence-corrected chi connectivity index (χ2v) is 6.39. The molecule has 1 fully saturated rings. The minimum atomic E-state index is -0.466. The molecule has 0 radical (unpaired) electrons. The van der Waals surface area contributed by atoms with Crippen LogP contribution in [0.2, 0.25) is 0 Å². The Labute approximate surface area is 156 Å². The van der Waals surface area contributed by atoms with Crippen molar-refractivity contribution in [2.24, 2.45) is 0 Å². The smallest absolute Gasteiger partial charge is 0.274 e. The van der Waals surface area contributed by atoms with Gasteiger partial charge in [0, 0.05) is 30.9 Å². The summed E-state index contributed by atoms with van der Waals surface area (Å²) < 4.78 is 12.3. The third kappa shape index (κ3) is 3.08. The van der Waals surface area contributed by atoms with Crippen molar-refractivity contribution in [2.75, 3.05) is 27.3 Å². The fourth-order valence-corrected chi connectivity index (χ4v) is 3.30. The van der Waals surface area contributed by atoms with Gasteiger partial charge in [0.2, 0.25) is 0 Å². The summed E-state index contributed by atoms with van der Waals surface area (Å²) in [7, 11) is 3.17. The van der Waals surface area contributed by atoms with E-state index in [1.54, 1.807) is 35.9 Å². The van der Waals surface area contributed by atoms with E-state index >= 15 is 0 Å². The molecule has 1 aliphatic rings. The van der Waals surface area contributed by atoms with E-state index in [0.29, 0.717) is 42.4 Å². The average Bonchev–Trinajstić information content (AvgIpc) is 3.32. The number of aliphatic hydroxyl groups excluding tert-OH is 1. The van der Waals surface area contributed by atoms with Gasteiger partial charge in [0.05, 0.1) is 26.0 Å². The number of nitrogens with zero attached hydrogens (tertiary/aromatic N) is 4. The molecule has 27 heavy (non-hydrogen) atoms. The van der Waals surface area contributed by atoms with Crippen LogP contribution in [0.25, 0.3) is 16.9 Å². The number of aliphatic hydroxyl groups is 1. The number of hydrogen-bond donors (Lipinski definition) is 1. The molecule has 0 aliphatic carbocycles. The first-order valence-electron chi connectivity index (χ1n) is 8.65. The van der Waals surface area contributed by atoms with Crippen molar-refractivity contribution in [3.8, 4) is 22.8 Å². The number of β-amino-alcohol motifs (C(OH)–C–C–N with tert-alkyl or cyclic N) is 1. The predicted molar refractivity (Wildman–Crippen MR) is 98.1 cm³/mol. The lowest BCUT2D eigenvalue weighted by Gasteiger charge is -2.13. The zero-order valence-electron chi connectivity index (χ0n) is 15.1. The van der Waals surface area contributed by atoms with Crippen molar-refractivity contribution in [3.05, 3.63) is 42.2 Å². The van der Waals surface area contributed by atoms with Gasteiger partial charge < -0.3 is 19.5 Å². The molecule has 1 atom stereocenters. The maximum atomic E-state index is 12.7. The van der Waals surface area contributed by atoms with Crippen LogP contribution >= 0.6 is 0 Å². The Balaban J connectivity index is 1.75. The average molecular weight is 368 g/mol. The molecular formula is C19H20N4O4. The number of methoxy groups -OCH3 is 2. The first-order valence-corrected chi connectivity index (χ1v) is 8.65. The Bertz CT molecular complexity index is 1000. The predicted octanol–water partition coefficient (Wildman–Crippen LogP) is 1.62. The Hall–Kier alpha value is -3.13. The molecule has 0 spiro atoms. The summed E-state index contributed by atoms with van der Waals surface area (Å²) in [6, 6.07) is 9.07. The van der Waals surface area contributed by atoms with Gasteiger partial charge in [-0.1, -0.05) is 0 Å². The maximum absolute atomic E-state index is 12.7. The number of hydrogen-bond acceptors (Lipinski definition) is 6. The largest absolute Gasteiger partial charge is 0.493 e. The van der Waals surface area contributed by atoms with Crippen molar-refractivity contribution in [1.29, 1.82) is 0 Å². The van der Waals surface area contributed by atoms with Gasteiger partial charge in [-0.2, -0.15) is 5.10 Å². The molecule has 1 N–H and O–H groups in total. The highest BCUT2D eigenvalue weighted by Crippen LogP contribution is 2.32. The van der Waals surface area contributed by atoms with Crippen LogP contribution in [-0.2, 0) is 0 Å². The number of amides is 1. The van der Waals surface area contributed by atoms with Crippen LogP contribution in [0, 0.1) is 0 Å². The van der Waals surface area contributed by atoms with Gasteiger partial charge >= 0.3 is 0 Å². The molecule has 0 saturated carbocycles. The topological polar surface area (TPSA) is 89.2 Å². The number of carbonyl (C=O) groups excluding carboxylic acids is 1. The summed E-state index contributed by atoms with van der Waals surface area (Å²) in [5.41, 5.74) is 2.52. The van der Waals surface area contributed by atoms with E-state index in [9.17, 15) is 9.90 Å². The van der Waals surface area contributed by atoms with Crippen LogP contribution in [0.3, 0.4) is 0 Å². The van der Waals surface area contributed by atoms with E-state index in [1.807, 2.05) is 24.3 Å². The number of fused-ring (bicyclic) bond motifs is 1. The Morgan fingerprint density at radius 2 is 2.00 bits per heavy atom. The Morgan fingerprint density at radius 1 is 1.19 bits per heavy atom. The molecule has 3 heterocycles. The summed E-state index contributed by atoms with van der Waals surface area (Å²) in [5, 5.41) is 14.1. The third-order valence-electron chi connectivity index (χ3n) is 4.71. The molecular weight excluding hydrogens is 348 g/mol. The summed E-state index contributed by atoms with van der Waals surface area (Å²) in [6.45, 7) is 0.868. The highest BCUT2D eigenvalue weighted by atomic mass is 16.5. The summed E-state index contributed by atoms with van der Waals surface area (Å²) in [6.07, 6.45) is 1.80. The van der Waals surface area contributed by atoms with Crippen molar-refractivity contribution in [2.45, 2.75) is 12.5 Å². The van der Waals surface area contributed by atoms with Crippen molar-refractivity contribution >= 4 is 11.6 Å². The summed E-state index contributed by atoms with van der Waals surface area (Å²) in [5.74, 6) is 1.04. The first kappa shape index (κ1) is 17.3. The van der Waals surface area contributed by atoms with Crippen molar-refractivity contribution < 1.29 is 19.4 Å². The van der Waals surface area contributed by atoms with Crippen LogP contribution in [-0.4, -0.2) is 63.9 Å². The molecule has 140 valence electrons. The van der Waals surface area contributed by atoms with Crippen molar-refractivity contribution in [3.63, 3.8) is 0 Å². The van der Waals surface area contributed by atoms with Gasteiger partial charge in [0.1, 0.15) is 0 Å². The van der Waals surface area contributed by atoms with Gasteiger partial charge in [0.15, 0.2) is 22.8 Å². The van der Waals surface area contributed by atoms with Crippen LogP contribution in [0.4, 0.5) is 0 Å². The fraction of sp³-hybridized carbons (Fsp3) is 0.316. The third-order valence-corrected chi connectivity index (χ3v) is 4.71. The highest BCUT2D eigenvalue weighted by molar-refractivity contribution is 5.93. The zero-order chi connectivity index (χ0) is 19.0. The normalized spacial score (nSPS) is 16.7. The molecule has 1 amide bonds. The number of likely N-dealkylation sites (tertiary alicyclic amines) is 1. The second kappa shape index (κ2) is 6.88. The minimum absolute atomic E-state index is 0.199. The molecule has 2 aromatic heterocycles. The Kier molecular flexibility index (Phi) is 4.41. The maximum Gasteiger partial charge on any atom is 0.274 e. The van der Waals surface area contributed by atoms with E-state index in [-0.39, 0.29) is 5.91 Å². The zero-order valence-corrected chi connectivity index (χ0v) is 15.1. The number of carbonyl (C=O) groups is 1. The van der Waals surface area contributed by atoms with Crippen LogP contribution < -0.4 is 9.47 Å². The molecule has 1 saturated heterocycles. The van der Waals surface area contributed by atoms with Gasteiger partial charge in [-0.15, -0.1) is 0 Å². The molecule has 8 nitrogen and oxygen atoms in total. The second-order valence-electron chi connectivity index (χ2n) is 6.39. The van der Waals surface area contributed by atoms with Crippen LogP contribution in [0.1, 0.15) is 16.9 Å². The lowest BCUT2D eigenvalue weighted by Crippen LogP contribution is -2.29.